The number of anilines is 1. The van der Waals surface area contributed by atoms with Crippen molar-refractivity contribution in [1.82, 2.24) is 14.5 Å². The third-order valence-corrected chi connectivity index (χ3v) is 4.37. The lowest BCUT2D eigenvalue weighted by atomic mass is 9.91. The second-order valence-corrected chi connectivity index (χ2v) is 5.95. The van der Waals surface area contributed by atoms with Gasteiger partial charge in [0.2, 0.25) is 0 Å². The lowest BCUT2D eigenvalue weighted by Gasteiger charge is -2.30. The van der Waals surface area contributed by atoms with E-state index in [0.29, 0.717) is 9.13 Å². The van der Waals surface area contributed by atoms with E-state index in [1.807, 2.05) is 5.32 Å². The highest BCUT2D eigenvalue weighted by Gasteiger charge is 2.68. The number of nitrogens with one attached hydrogen (secondary N) is 2. The first-order valence-electron chi connectivity index (χ1n) is 7.58. The molecular formula is C16H13F3N4O4. The Balaban J connectivity index is 2.30. The predicted molar refractivity (Wildman–Crippen MR) is 87.2 cm³/mol. The second kappa shape index (κ2) is 5.83. The van der Waals surface area contributed by atoms with Crippen molar-refractivity contribution in [3.8, 4) is 0 Å². The number of carbonyl (C=O) groups excluding carboxylic acids is 2. The van der Waals surface area contributed by atoms with Crippen LogP contribution in [0.15, 0.2) is 39.9 Å². The minimum Gasteiger partial charge on any atom is -0.326 e. The van der Waals surface area contributed by atoms with Crippen LogP contribution in [0.3, 0.4) is 0 Å². The number of benzene rings is 1. The van der Waals surface area contributed by atoms with Crippen LogP contribution in [0.4, 0.5) is 19.0 Å². The number of hydrogen-bond donors (Lipinski definition) is 2. The maximum absolute atomic E-state index is 14.1. The Hall–Kier alpha value is -3.37. The van der Waals surface area contributed by atoms with Crippen LogP contribution in [0.5, 0.6) is 0 Å². The van der Waals surface area contributed by atoms with Gasteiger partial charge in [-0.1, -0.05) is 18.2 Å². The summed E-state index contributed by atoms with van der Waals surface area (Å²) in [5.41, 5.74) is -7.09. The first-order chi connectivity index (χ1) is 12.5. The number of fused-ring (bicyclic) bond motifs is 1. The number of hydrogen-bond acceptors (Lipinski definition) is 4. The maximum Gasteiger partial charge on any atom is 0.425 e. The largest absolute Gasteiger partial charge is 0.425 e. The summed E-state index contributed by atoms with van der Waals surface area (Å²) >= 11 is 0. The summed E-state index contributed by atoms with van der Waals surface area (Å²) in [5, 5.41) is 3.57. The van der Waals surface area contributed by atoms with Gasteiger partial charge in [-0.3, -0.25) is 23.5 Å². The van der Waals surface area contributed by atoms with E-state index in [2.05, 4.69) is 0 Å². The van der Waals surface area contributed by atoms with Crippen LogP contribution < -0.4 is 21.9 Å². The van der Waals surface area contributed by atoms with E-state index in [1.165, 1.54) is 24.3 Å². The monoisotopic (exact) mass is 382 g/mol. The van der Waals surface area contributed by atoms with Crippen LogP contribution in [-0.2, 0) is 24.4 Å². The predicted octanol–water partition coefficient (Wildman–Crippen LogP) is 0.224. The summed E-state index contributed by atoms with van der Waals surface area (Å²) in [5.74, 6) is -3.49. The van der Waals surface area contributed by atoms with Crippen LogP contribution in [0.25, 0.3) is 0 Å². The lowest BCUT2D eigenvalue weighted by molar-refractivity contribution is -0.196. The number of amides is 2. The molecule has 0 unspecified atom stereocenters. The minimum atomic E-state index is -5.35. The number of carbonyl (C=O) groups is 2. The van der Waals surface area contributed by atoms with Gasteiger partial charge in [-0.25, -0.2) is 4.79 Å². The second-order valence-electron chi connectivity index (χ2n) is 5.95. The van der Waals surface area contributed by atoms with Crippen LogP contribution >= 0.6 is 0 Å². The van der Waals surface area contributed by atoms with Crippen molar-refractivity contribution in [1.29, 1.82) is 0 Å². The highest BCUT2D eigenvalue weighted by molar-refractivity contribution is 6.09. The molecular weight excluding hydrogens is 369 g/mol. The number of halogens is 3. The van der Waals surface area contributed by atoms with E-state index in [9.17, 15) is 32.3 Å². The molecule has 2 aromatic rings. The number of alkyl halides is 3. The molecule has 1 atom stereocenters. The molecule has 0 aliphatic carbocycles. The van der Waals surface area contributed by atoms with E-state index in [-0.39, 0.29) is 5.56 Å². The van der Waals surface area contributed by atoms with Gasteiger partial charge in [0, 0.05) is 19.7 Å². The van der Waals surface area contributed by atoms with Crippen molar-refractivity contribution in [2.45, 2.75) is 11.7 Å². The number of rotatable bonds is 2. The SMILES string of the molecule is Cn1c2c(c(=O)n(C)c1=O)[C@](NC(=O)c1ccccc1)(C(F)(F)F)C(=O)N2. The molecule has 2 heterocycles. The van der Waals surface area contributed by atoms with Crippen molar-refractivity contribution in [2.24, 2.45) is 14.1 Å². The molecule has 0 saturated heterocycles. The smallest absolute Gasteiger partial charge is 0.326 e. The van der Waals surface area contributed by atoms with Gasteiger partial charge in [0.05, 0.1) is 0 Å². The highest BCUT2D eigenvalue weighted by atomic mass is 19.4. The van der Waals surface area contributed by atoms with Gasteiger partial charge in [0.15, 0.2) is 0 Å². The maximum atomic E-state index is 14.1. The summed E-state index contributed by atoms with van der Waals surface area (Å²) in [4.78, 5) is 49.2. The third-order valence-electron chi connectivity index (χ3n) is 4.37. The van der Waals surface area contributed by atoms with E-state index in [0.717, 1.165) is 14.1 Å². The average molecular weight is 382 g/mol. The van der Waals surface area contributed by atoms with Gasteiger partial charge in [-0.2, -0.15) is 13.2 Å². The molecule has 0 saturated carbocycles. The van der Waals surface area contributed by atoms with Crippen molar-refractivity contribution < 1.29 is 22.8 Å². The Labute approximate surface area is 149 Å². The van der Waals surface area contributed by atoms with Crippen molar-refractivity contribution in [2.75, 3.05) is 5.32 Å². The highest BCUT2D eigenvalue weighted by Crippen LogP contribution is 2.44. The Kier molecular flexibility index (Phi) is 3.98. The lowest BCUT2D eigenvalue weighted by Crippen LogP contribution is -2.62. The Morgan fingerprint density at radius 3 is 2.22 bits per heavy atom. The molecule has 0 spiro atoms. The summed E-state index contributed by atoms with van der Waals surface area (Å²) in [7, 11) is 2.08. The van der Waals surface area contributed by atoms with Gasteiger partial charge in [-0.05, 0) is 12.1 Å². The Morgan fingerprint density at radius 1 is 1.07 bits per heavy atom. The third kappa shape index (κ3) is 2.46. The quantitative estimate of drug-likeness (QED) is 0.776. The van der Waals surface area contributed by atoms with Crippen LogP contribution in [0.2, 0.25) is 0 Å². The van der Waals surface area contributed by atoms with Crippen LogP contribution in [0, 0.1) is 0 Å². The van der Waals surface area contributed by atoms with Gasteiger partial charge >= 0.3 is 11.9 Å². The fourth-order valence-electron chi connectivity index (χ4n) is 2.94. The first kappa shape index (κ1) is 18.4. The van der Waals surface area contributed by atoms with E-state index in [4.69, 9.17) is 0 Å². The van der Waals surface area contributed by atoms with E-state index < -0.39 is 46.2 Å². The van der Waals surface area contributed by atoms with E-state index >= 15 is 0 Å². The zero-order valence-corrected chi connectivity index (χ0v) is 14.0. The molecule has 1 aromatic carbocycles. The normalized spacial score (nSPS) is 18.8. The summed E-state index contributed by atoms with van der Waals surface area (Å²) in [6.07, 6.45) is -5.35. The standard InChI is InChI=1S/C16H13F3N4O4/c1-22-10-9(12(25)23(2)14(22)27)15(13(26)20-10,16(17,18)19)21-11(24)8-6-4-3-5-7-8/h3-7H,1-2H3,(H,20,26)(H,21,24)/t15-/m1/s1. The molecule has 1 aliphatic rings. The van der Waals surface area contributed by atoms with Crippen LogP contribution in [0.1, 0.15) is 15.9 Å². The Bertz CT molecular complexity index is 1070. The van der Waals surface area contributed by atoms with Crippen molar-refractivity contribution >= 4 is 17.6 Å². The molecule has 0 bridgehead atoms. The molecule has 0 radical (unpaired) electrons. The van der Waals surface area contributed by atoms with Crippen molar-refractivity contribution in [3.05, 3.63) is 62.3 Å². The van der Waals surface area contributed by atoms with Gasteiger partial charge < -0.3 is 10.6 Å². The molecule has 8 nitrogen and oxygen atoms in total. The fraction of sp³-hybridized carbons (Fsp3) is 0.250. The topological polar surface area (TPSA) is 102 Å². The van der Waals surface area contributed by atoms with Gasteiger partial charge in [0.25, 0.3) is 22.9 Å². The zero-order valence-electron chi connectivity index (χ0n) is 14.0. The number of nitrogens with zero attached hydrogens (tertiary/aromatic N) is 2. The molecule has 2 amide bonds. The first-order valence-corrected chi connectivity index (χ1v) is 7.58. The molecule has 1 aromatic heterocycles. The van der Waals surface area contributed by atoms with Crippen LogP contribution in [-0.4, -0.2) is 27.1 Å². The molecule has 142 valence electrons. The molecule has 2 N–H and O–H groups in total. The van der Waals surface area contributed by atoms with Gasteiger partial charge in [-0.15, -0.1) is 0 Å². The van der Waals surface area contributed by atoms with Crippen molar-refractivity contribution in [3.63, 3.8) is 0 Å². The molecule has 27 heavy (non-hydrogen) atoms. The molecule has 3 rings (SSSR count). The molecule has 0 fully saturated rings. The Morgan fingerprint density at radius 2 is 1.67 bits per heavy atom. The molecule has 1 aliphatic heterocycles. The summed E-state index contributed by atoms with van der Waals surface area (Å²) in [6, 6.07) is 6.93. The summed E-state index contributed by atoms with van der Waals surface area (Å²) < 4.78 is 43.3. The molecule has 11 heteroatoms. The van der Waals surface area contributed by atoms with Gasteiger partial charge in [0.1, 0.15) is 11.4 Å². The van der Waals surface area contributed by atoms with E-state index in [1.54, 1.807) is 11.4 Å². The minimum absolute atomic E-state index is 0.135. The number of aromatic nitrogens is 2. The fourth-order valence-corrected chi connectivity index (χ4v) is 2.94. The average Bonchev–Trinajstić information content (AvgIpc) is 2.92. The zero-order chi connectivity index (χ0) is 20.1. The summed E-state index contributed by atoms with van der Waals surface area (Å²) in [6.45, 7) is 0.